The minimum Gasteiger partial charge on any atom is -0.492 e. The molecule has 0 atom stereocenters. The van der Waals surface area contributed by atoms with Crippen LogP contribution in [-0.4, -0.2) is 61.8 Å². The number of esters is 1. The average Bonchev–Trinajstić information content (AvgIpc) is 3.35. The van der Waals surface area contributed by atoms with Crippen LogP contribution in [0.25, 0.3) is 0 Å². The van der Waals surface area contributed by atoms with Crippen LogP contribution in [0.3, 0.4) is 0 Å². The highest BCUT2D eigenvalue weighted by atomic mass is 16.5. The van der Waals surface area contributed by atoms with E-state index in [9.17, 15) is 9.59 Å². The van der Waals surface area contributed by atoms with E-state index in [4.69, 9.17) is 9.47 Å². The number of hydrogen-bond donors (Lipinski definition) is 0. The van der Waals surface area contributed by atoms with E-state index in [-0.39, 0.29) is 5.56 Å². The molecule has 0 saturated carbocycles. The first-order valence-electron chi connectivity index (χ1n) is 12.1. The standard InChI is InChI=1S/C25H34N6O4/c1-5-30-17-20(18(2)27-30)16-29-9-8-21-24(25(33)34-4)22(13-23(32)31(21)11-10-29)35-12-6-7-19-14-26-28(3)15-19/h13-15,17H,5-12,16H2,1-4H3. The Balaban J connectivity index is 1.50. The fraction of sp³-hybridized carbons (Fsp3) is 0.520. The summed E-state index contributed by atoms with van der Waals surface area (Å²) in [5.41, 5.74) is 4.18. The number of nitrogens with zero attached hydrogens (tertiary/aromatic N) is 6. The topological polar surface area (TPSA) is 96.4 Å². The SMILES string of the molecule is CCn1cc(CN2CCc3c(C(=O)OC)c(OCCCc4cnn(C)c4)cc(=O)n3CC2)c(C)n1. The molecule has 0 bridgehead atoms. The van der Waals surface area contributed by atoms with Crippen LogP contribution in [0.2, 0.25) is 0 Å². The van der Waals surface area contributed by atoms with Gasteiger partial charge in [-0.1, -0.05) is 0 Å². The van der Waals surface area contributed by atoms with Gasteiger partial charge in [-0.3, -0.25) is 19.1 Å². The van der Waals surface area contributed by atoms with Gasteiger partial charge in [0.1, 0.15) is 11.3 Å². The second kappa shape index (κ2) is 10.9. The van der Waals surface area contributed by atoms with Crippen LogP contribution in [0, 0.1) is 6.92 Å². The zero-order valence-electron chi connectivity index (χ0n) is 21.0. The molecule has 3 aromatic heterocycles. The van der Waals surface area contributed by atoms with Gasteiger partial charge in [0.05, 0.1) is 25.6 Å². The van der Waals surface area contributed by atoms with Gasteiger partial charge in [0.2, 0.25) is 0 Å². The van der Waals surface area contributed by atoms with Crippen molar-refractivity contribution in [3.63, 3.8) is 0 Å². The Kier molecular flexibility index (Phi) is 7.70. The fourth-order valence-corrected chi connectivity index (χ4v) is 4.56. The number of fused-ring (bicyclic) bond motifs is 1. The third-order valence-corrected chi connectivity index (χ3v) is 6.47. The maximum absolute atomic E-state index is 13.0. The van der Waals surface area contributed by atoms with Crippen molar-refractivity contribution in [1.29, 1.82) is 0 Å². The molecule has 10 nitrogen and oxygen atoms in total. The molecule has 10 heteroatoms. The minimum atomic E-state index is -0.482. The Hall–Kier alpha value is -3.40. The van der Waals surface area contributed by atoms with Gasteiger partial charge in [-0.05, 0) is 32.3 Å². The van der Waals surface area contributed by atoms with E-state index in [1.165, 1.54) is 18.7 Å². The molecule has 1 aliphatic heterocycles. The second-order valence-corrected chi connectivity index (χ2v) is 8.91. The van der Waals surface area contributed by atoms with Gasteiger partial charge in [0.25, 0.3) is 5.56 Å². The van der Waals surface area contributed by atoms with Crippen LogP contribution >= 0.6 is 0 Å². The molecular formula is C25H34N6O4. The lowest BCUT2D eigenvalue weighted by Crippen LogP contribution is -2.29. The van der Waals surface area contributed by atoms with Crippen molar-refractivity contribution in [3.05, 3.63) is 63.1 Å². The predicted octanol–water partition coefficient (Wildman–Crippen LogP) is 1.96. The number of carbonyl (C=O) groups is 1. The molecule has 4 heterocycles. The lowest BCUT2D eigenvalue weighted by molar-refractivity contribution is 0.0593. The summed E-state index contributed by atoms with van der Waals surface area (Å²) in [4.78, 5) is 28.1. The number of methoxy groups -OCH3 is 1. The van der Waals surface area contributed by atoms with Gasteiger partial charge in [-0.15, -0.1) is 0 Å². The molecule has 0 unspecified atom stereocenters. The number of hydrogen-bond acceptors (Lipinski definition) is 7. The lowest BCUT2D eigenvalue weighted by atomic mass is 10.1. The normalized spacial score (nSPS) is 13.9. The molecule has 35 heavy (non-hydrogen) atoms. The monoisotopic (exact) mass is 482 g/mol. The number of aromatic nitrogens is 5. The van der Waals surface area contributed by atoms with Gasteiger partial charge in [0, 0.05) is 75.9 Å². The largest absolute Gasteiger partial charge is 0.492 e. The molecule has 0 radical (unpaired) electrons. The molecular weight excluding hydrogens is 448 g/mol. The van der Waals surface area contributed by atoms with Gasteiger partial charge in [-0.25, -0.2) is 4.79 Å². The van der Waals surface area contributed by atoms with Crippen LogP contribution < -0.4 is 10.3 Å². The molecule has 4 rings (SSSR count). The summed E-state index contributed by atoms with van der Waals surface area (Å²) < 4.78 is 16.4. The summed E-state index contributed by atoms with van der Waals surface area (Å²) in [7, 11) is 3.24. The van der Waals surface area contributed by atoms with Crippen molar-refractivity contribution in [2.75, 3.05) is 26.8 Å². The van der Waals surface area contributed by atoms with E-state index in [0.29, 0.717) is 49.7 Å². The molecule has 0 N–H and O–H groups in total. The van der Waals surface area contributed by atoms with Gasteiger partial charge in [0.15, 0.2) is 0 Å². The summed E-state index contributed by atoms with van der Waals surface area (Å²) in [5, 5.41) is 8.72. The van der Waals surface area contributed by atoms with Crippen LogP contribution in [0.5, 0.6) is 5.75 Å². The van der Waals surface area contributed by atoms with Crippen LogP contribution in [0.15, 0.2) is 29.5 Å². The van der Waals surface area contributed by atoms with Crippen molar-refractivity contribution in [1.82, 2.24) is 29.0 Å². The van der Waals surface area contributed by atoms with Gasteiger partial charge >= 0.3 is 5.97 Å². The fourth-order valence-electron chi connectivity index (χ4n) is 4.56. The molecule has 0 aromatic carbocycles. The van der Waals surface area contributed by atoms with Crippen molar-refractivity contribution in [2.24, 2.45) is 7.05 Å². The molecule has 3 aromatic rings. The minimum absolute atomic E-state index is 0.160. The van der Waals surface area contributed by atoms with E-state index in [0.717, 1.165) is 37.2 Å². The van der Waals surface area contributed by atoms with E-state index < -0.39 is 5.97 Å². The van der Waals surface area contributed by atoms with Crippen LogP contribution in [0.1, 0.15) is 46.2 Å². The third kappa shape index (κ3) is 5.64. The van der Waals surface area contributed by atoms with Crippen molar-refractivity contribution >= 4 is 5.97 Å². The predicted molar refractivity (Wildman–Crippen MR) is 131 cm³/mol. The first kappa shape index (κ1) is 24.7. The average molecular weight is 483 g/mol. The zero-order valence-corrected chi connectivity index (χ0v) is 21.0. The number of pyridine rings is 1. The number of aryl methyl sites for hydroxylation is 4. The summed E-state index contributed by atoms with van der Waals surface area (Å²) in [6, 6.07) is 1.42. The van der Waals surface area contributed by atoms with Crippen molar-refractivity contribution in [3.8, 4) is 5.75 Å². The highest BCUT2D eigenvalue weighted by molar-refractivity contribution is 5.93. The highest BCUT2D eigenvalue weighted by Gasteiger charge is 2.26. The number of rotatable bonds is 9. The maximum atomic E-state index is 13.0. The molecule has 0 saturated heterocycles. The Morgan fingerprint density at radius 2 is 2.03 bits per heavy atom. The Bertz CT molecular complexity index is 1240. The van der Waals surface area contributed by atoms with Crippen LogP contribution in [-0.2, 0) is 44.3 Å². The molecule has 0 fully saturated rings. The van der Waals surface area contributed by atoms with Crippen molar-refractivity contribution in [2.45, 2.75) is 52.7 Å². The lowest BCUT2D eigenvalue weighted by Gasteiger charge is -2.18. The van der Waals surface area contributed by atoms with Gasteiger partial charge in [-0.2, -0.15) is 10.2 Å². The molecule has 188 valence electrons. The number of carbonyl (C=O) groups excluding carboxylic acids is 1. The smallest absolute Gasteiger partial charge is 0.343 e. The molecule has 0 aliphatic carbocycles. The highest BCUT2D eigenvalue weighted by Crippen LogP contribution is 2.25. The third-order valence-electron chi connectivity index (χ3n) is 6.47. The van der Waals surface area contributed by atoms with Crippen molar-refractivity contribution < 1.29 is 14.3 Å². The Morgan fingerprint density at radius 3 is 2.71 bits per heavy atom. The summed E-state index contributed by atoms with van der Waals surface area (Å²) in [5.74, 6) is -0.183. The van der Waals surface area contributed by atoms with E-state index in [2.05, 4.69) is 28.2 Å². The van der Waals surface area contributed by atoms with Gasteiger partial charge < -0.3 is 14.0 Å². The first-order chi connectivity index (χ1) is 16.9. The van der Waals surface area contributed by atoms with Crippen LogP contribution in [0.4, 0.5) is 0 Å². The molecule has 0 amide bonds. The summed E-state index contributed by atoms with van der Waals surface area (Å²) >= 11 is 0. The zero-order chi connectivity index (χ0) is 24.9. The maximum Gasteiger partial charge on any atom is 0.343 e. The number of ether oxygens (including phenoxy) is 2. The first-order valence-corrected chi connectivity index (χ1v) is 12.1. The quantitative estimate of drug-likeness (QED) is 0.340. The van der Waals surface area contributed by atoms with E-state index in [1.54, 1.807) is 9.25 Å². The molecule has 1 aliphatic rings. The Morgan fingerprint density at radius 1 is 1.20 bits per heavy atom. The Labute approximate surface area is 205 Å². The second-order valence-electron chi connectivity index (χ2n) is 8.91. The summed E-state index contributed by atoms with van der Waals surface area (Å²) in [6.07, 6.45) is 7.96. The summed E-state index contributed by atoms with van der Waals surface area (Å²) in [6.45, 7) is 7.97. The van der Waals surface area contributed by atoms with E-state index in [1.807, 2.05) is 31.0 Å². The molecule has 0 spiro atoms. The van der Waals surface area contributed by atoms with E-state index >= 15 is 0 Å².